The highest BCUT2D eigenvalue weighted by atomic mass is 79.9. The number of carbonyl (C=O) groups is 1. The molecule has 1 aromatic heterocycles. The van der Waals surface area contributed by atoms with Gasteiger partial charge >= 0.3 is 0 Å². The number of benzene rings is 1. The van der Waals surface area contributed by atoms with Gasteiger partial charge in [0.05, 0.1) is 12.7 Å². The van der Waals surface area contributed by atoms with Gasteiger partial charge in [-0.2, -0.15) is 0 Å². The summed E-state index contributed by atoms with van der Waals surface area (Å²) in [7, 11) is 1.61. The van der Waals surface area contributed by atoms with Crippen molar-refractivity contribution in [1.82, 2.24) is 9.88 Å². The number of carbonyl (C=O) groups excluding carboxylic acids is 1. The van der Waals surface area contributed by atoms with Crippen LogP contribution in [0.25, 0.3) is 0 Å². The third-order valence-electron chi connectivity index (χ3n) is 4.13. The van der Waals surface area contributed by atoms with Crippen LogP contribution in [0.2, 0.25) is 0 Å². The molecular formula is C21H28BrN3O3. The fourth-order valence-electron chi connectivity index (χ4n) is 2.86. The number of nitrogens with one attached hydrogen (secondary N) is 1. The molecule has 0 fully saturated rings. The average Bonchev–Trinajstić information content (AvgIpc) is 2.68. The van der Waals surface area contributed by atoms with E-state index in [1.165, 1.54) is 6.20 Å². The lowest BCUT2D eigenvalue weighted by Crippen LogP contribution is -2.30. The van der Waals surface area contributed by atoms with Crippen molar-refractivity contribution in [2.45, 2.75) is 26.7 Å². The van der Waals surface area contributed by atoms with Gasteiger partial charge in [-0.05, 0) is 60.1 Å². The number of methoxy groups -OCH3 is 1. The molecule has 0 atom stereocenters. The first-order valence-corrected chi connectivity index (χ1v) is 10.3. The lowest BCUT2D eigenvalue weighted by Gasteiger charge is -2.21. The Balaban J connectivity index is 2.03. The quantitative estimate of drug-likeness (QED) is 0.542. The summed E-state index contributed by atoms with van der Waals surface area (Å²) in [5, 5.41) is 2.87. The van der Waals surface area contributed by atoms with Gasteiger partial charge in [-0.25, -0.2) is 0 Å². The number of anilines is 1. The van der Waals surface area contributed by atoms with Gasteiger partial charge in [-0.15, -0.1) is 0 Å². The zero-order valence-corrected chi connectivity index (χ0v) is 18.3. The zero-order chi connectivity index (χ0) is 20.4. The van der Waals surface area contributed by atoms with Crippen molar-refractivity contribution in [2.24, 2.45) is 0 Å². The summed E-state index contributed by atoms with van der Waals surface area (Å²) in [4.78, 5) is 18.8. The second kappa shape index (κ2) is 11.7. The Labute approximate surface area is 175 Å². The van der Waals surface area contributed by atoms with E-state index in [0.29, 0.717) is 29.4 Å². The van der Waals surface area contributed by atoms with Gasteiger partial charge in [0, 0.05) is 35.2 Å². The molecule has 2 aromatic rings. The van der Waals surface area contributed by atoms with E-state index < -0.39 is 0 Å². The first-order chi connectivity index (χ1) is 13.6. The van der Waals surface area contributed by atoms with Crippen molar-refractivity contribution in [3.63, 3.8) is 0 Å². The number of hydrogen-bond acceptors (Lipinski definition) is 5. The third-order valence-corrected chi connectivity index (χ3v) is 4.57. The highest BCUT2D eigenvalue weighted by Gasteiger charge is 2.11. The highest BCUT2D eigenvalue weighted by molar-refractivity contribution is 9.10. The minimum Gasteiger partial charge on any atom is -0.493 e. The molecule has 0 spiro atoms. The van der Waals surface area contributed by atoms with Crippen LogP contribution in [0.5, 0.6) is 11.5 Å². The number of halogens is 1. The number of hydrogen-bond donors (Lipinski definition) is 1. The van der Waals surface area contributed by atoms with Crippen LogP contribution in [-0.2, 0) is 0 Å². The Morgan fingerprint density at radius 1 is 1.11 bits per heavy atom. The maximum Gasteiger partial charge on any atom is 0.257 e. The molecule has 28 heavy (non-hydrogen) atoms. The molecule has 1 amide bonds. The van der Waals surface area contributed by atoms with E-state index >= 15 is 0 Å². The van der Waals surface area contributed by atoms with Crippen LogP contribution in [0.15, 0.2) is 41.1 Å². The van der Waals surface area contributed by atoms with Crippen molar-refractivity contribution in [3.05, 3.63) is 46.7 Å². The molecule has 1 N–H and O–H groups in total. The van der Waals surface area contributed by atoms with Gasteiger partial charge in [-0.1, -0.05) is 13.8 Å². The van der Waals surface area contributed by atoms with Crippen LogP contribution < -0.4 is 14.8 Å². The van der Waals surface area contributed by atoms with E-state index in [4.69, 9.17) is 9.47 Å². The molecule has 2 rings (SSSR count). The van der Waals surface area contributed by atoms with E-state index in [1.54, 1.807) is 37.6 Å². The minimum atomic E-state index is -0.234. The predicted octanol–water partition coefficient (Wildman–Crippen LogP) is 4.61. The summed E-state index contributed by atoms with van der Waals surface area (Å²) < 4.78 is 12.1. The molecule has 0 aliphatic carbocycles. The van der Waals surface area contributed by atoms with Crippen molar-refractivity contribution < 1.29 is 14.3 Å². The summed E-state index contributed by atoms with van der Waals surface area (Å²) in [5.74, 6) is 1.02. The lowest BCUT2D eigenvalue weighted by molar-refractivity contribution is 0.102. The lowest BCUT2D eigenvalue weighted by atomic mass is 10.2. The first-order valence-electron chi connectivity index (χ1n) is 9.52. The summed E-state index contributed by atoms with van der Waals surface area (Å²) in [5.41, 5.74) is 1.11. The maximum atomic E-state index is 12.4. The van der Waals surface area contributed by atoms with E-state index in [1.807, 2.05) is 0 Å². The fourth-order valence-corrected chi connectivity index (χ4v) is 3.22. The molecule has 0 radical (unpaired) electrons. The third kappa shape index (κ3) is 6.80. The van der Waals surface area contributed by atoms with E-state index in [2.05, 4.69) is 45.0 Å². The van der Waals surface area contributed by atoms with Gasteiger partial charge in [0.15, 0.2) is 11.5 Å². The largest absolute Gasteiger partial charge is 0.493 e. The Hall–Kier alpha value is -2.12. The number of amides is 1. The van der Waals surface area contributed by atoms with Gasteiger partial charge < -0.3 is 14.8 Å². The van der Waals surface area contributed by atoms with Gasteiger partial charge in [0.25, 0.3) is 5.91 Å². The Bertz CT molecular complexity index is 764. The first kappa shape index (κ1) is 22.2. The Kier molecular flexibility index (Phi) is 9.23. The molecular weight excluding hydrogens is 422 g/mol. The second-order valence-corrected chi connectivity index (χ2v) is 7.32. The van der Waals surface area contributed by atoms with Crippen molar-refractivity contribution in [1.29, 1.82) is 0 Å². The summed E-state index contributed by atoms with van der Waals surface area (Å²) >= 11 is 3.33. The molecule has 1 heterocycles. The number of pyridine rings is 1. The number of ether oxygens (including phenoxy) is 2. The van der Waals surface area contributed by atoms with Gasteiger partial charge in [0.1, 0.15) is 6.61 Å². The van der Waals surface area contributed by atoms with Gasteiger partial charge in [-0.3, -0.25) is 14.7 Å². The summed E-state index contributed by atoms with van der Waals surface area (Å²) in [6.45, 7) is 7.89. The Morgan fingerprint density at radius 3 is 2.50 bits per heavy atom. The standard InChI is InChI=1S/C21H28BrN3O3/c1-4-8-25(9-5-2)10-11-28-20-13-18(6-7-19(20)27-3)24-21(26)16-12-17(22)15-23-14-16/h6-7,12-15H,4-5,8-11H2,1-3H3,(H,24,26). The monoisotopic (exact) mass is 449 g/mol. The van der Waals surface area contributed by atoms with Gasteiger partial charge in [0.2, 0.25) is 0 Å². The molecule has 0 unspecified atom stereocenters. The van der Waals surface area contributed by atoms with Crippen LogP contribution in [0.3, 0.4) is 0 Å². The summed E-state index contributed by atoms with van der Waals surface area (Å²) in [6, 6.07) is 7.08. The SMILES string of the molecule is CCCN(CCC)CCOc1cc(NC(=O)c2cncc(Br)c2)ccc1OC. The Morgan fingerprint density at radius 2 is 1.86 bits per heavy atom. The van der Waals surface area contributed by atoms with Crippen LogP contribution in [0.1, 0.15) is 37.0 Å². The smallest absolute Gasteiger partial charge is 0.257 e. The maximum absolute atomic E-state index is 12.4. The summed E-state index contributed by atoms with van der Waals surface area (Å²) in [6.07, 6.45) is 5.40. The molecule has 0 saturated carbocycles. The predicted molar refractivity (Wildman–Crippen MR) is 115 cm³/mol. The van der Waals surface area contributed by atoms with Crippen LogP contribution in [-0.4, -0.2) is 49.1 Å². The molecule has 152 valence electrons. The average molecular weight is 450 g/mol. The molecule has 6 nitrogen and oxygen atoms in total. The van der Waals surface area contributed by atoms with Crippen molar-refractivity contribution >= 4 is 27.5 Å². The number of aromatic nitrogens is 1. The number of rotatable bonds is 11. The molecule has 0 aliphatic heterocycles. The highest BCUT2D eigenvalue weighted by Crippen LogP contribution is 2.30. The second-order valence-electron chi connectivity index (χ2n) is 6.40. The van der Waals surface area contributed by atoms with Crippen LogP contribution in [0, 0.1) is 0 Å². The van der Waals surface area contributed by atoms with E-state index in [0.717, 1.165) is 36.9 Å². The van der Waals surface area contributed by atoms with E-state index in [9.17, 15) is 4.79 Å². The zero-order valence-electron chi connectivity index (χ0n) is 16.7. The molecule has 1 aromatic carbocycles. The minimum absolute atomic E-state index is 0.234. The molecule has 0 aliphatic rings. The van der Waals surface area contributed by atoms with Crippen LogP contribution in [0.4, 0.5) is 5.69 Å². The number of nitrogens with zero attached hydrogens (tertiary/aromatic N) is 2. The van der Waals surface area contributed by atoms with Crippen molar-refractivity contribution in [3.8, 4) is 11.5 Å². The van der Waals surface area contributed by atoms with E-state index in [-0.39, 0.29) is 5.91 Å². The molecule has 0 saturated heterocycles. The van der Waals surface area contributed by atoms with Crippen LogP contribution >= 0.6 is 15.9 Å². The molecule has 0 bridgehead atoms. The fraction of sp³-hybridized carbons (Fsp3) is 0.429. The normalized spacial score (nSPS) is 10.8. The van der Waals surface area contributed by atoms with Crippen molar-refractivity contribution in [2.75, 3.05) is 38.7 Å². The topological polar surface area (TPSA) is 63.7 Å². The molecule has 7 heteroatoms.